The van der Waals surface area contributed by atoms with Crippen molar-refractivity contribution in [3.8, 4) is 44.5 Å². The molecule has 9 rings (SSSR count). The van der Waals surface area contributed by atoms with Gasteiger partial charge in [0.2, 0.25) is 0 Å². The molecule has 0 fully saturated rings. The summed E-state index contributed by atoms with van der Waals surface area (Å²) in [4.78, 5) is 1.26. The highest BCUT2D eigenvalue weighted by Gasteiger charge is 2.19. The Morgan fingerprint density at radius 2 is 0.816 bits per heavy atom. The summed E-state index contributed by atoms with van der Waals surface area (Å²) in [5, 5.41) is 10.2. The molecule has 0 amide bonds. The highest BCUT2D eigenvalue weighted by atomic mass is 32.2. The van der Waals surface area contributed by atoms with Gasteiger partial charge in [0, 0.05) is 4.90 Å². The van der Waals surface area contributed by atoms with Crippen LogP contribution in [0, 0.1) is 6.92 Å². The van der Waals surface area contributed by atoms with Crippen LogP contribution in [0.15, 0.2) is 175 Å². The molecular weight excluding hydrogens is 609 g/mol. The number of hydrogen-bond acceptors (Lipinski definition) is 1. The second-order valence-electron chi connectivity index (χ2n) is 12.9. The van der Waals surface area contributed by atoms with Gasteiger partial charge < -0.3 is 0 Å². The van der Waals surface area contributed by atoms with Gasteiger partial charge in [-0.15, -0.1) is 11.8 Å². The second-order valence-corrected chi connectivity index (χ2v) is 13.8. The molecule has 49 heavy (non-hydrogen) atoms. The molecular formula is C48H34S. The van der Waals surface area contributed by atoms with Crippen molar-refractivity contribution in [3.05, 3.63) is 175 Å². The van der Waals surface area contributed by atoms with Crippen LogP contribution in [-0.4, -0.2) is 6.26 Å². The number of hydrogen-bond donors (Lipinski definition) is 0. The topological polar surface area (TPSA) is 0 Å². The standard InChI is InChI=1S/C48H34S/c1-31-23-25-43-45(27-31)47(36-17-7-15-34(28-36)41-21-9-13-32-11-3-5-19-39(32)41)44-26-24-38(49-2)30-46(44)48(43)37-18-8-16-35(29-37)42-22-10-14-33-12-4-6-20-40(33)42/h3-30H,1-2H3. The molecule has 0 heterocycles. The van der Waals surface area contributed by atoms with Crippen molar-refractivity contribution in [2.24, 2.45) is 0 Å². The first-order chi connectivity index (χ1) is 24.2. The summed E-state index contributed by atoms with van der Waals surface area (Å²) < 4.78 is 0. The van der Waals surface area contributed by atoms with Gasteiger partial charge in [0.25, 0.3) is 0 Å². The van der Waals surface area contributed by atoms with E-state index in [2.05, 4.69) is 183 Å². The number of benzene rings is 9. The van der Waals surface area contributed by atoms with Gasteiger partial charge in [-0.2, -0.15) is 0 Å². The summed E-state index contributed by atoms with van der Waals surface area (Å²) in [5.74, 6) is 0. The Morgan fingerprint density at radius 1 is 0.347 bits per heavy atom. The van der Waals surface area contributed by atoms with Gasteiger partial charge in [0.05, 0.1) is 0 Å². The molecule has 0 nitrogen and oxygen atoms in total. The van der Waals surface area contributed by atoms with Crippen LogP contribution < -0.4 is 0 Å². The summed E-state index contributed by atoms with van der Waals surface area (Å²) in [5.41, 5.74) is 11.3. The van der Waals surface area contributed by atoms with Crippen molar-refractivity contribution in [1.82, 2.24) is 0 Å². The van der Waals surface area contributed by atoms with E-state index in [1.807, 2.05) is 0 Å². The largest absolute Gasteiger partial charge is 0.130 e. The van der Waals surface area contributed by atoms with Crippen LogP contribution in [0.25, 0.3) is 87.6 Å². The predicted molar refractivity (Wildman–Crippen MR) is 215 cm³/mol. The van der Waals surface area contributed by atoms with Gasteiger partial charge in [-0.25, -0.2) is 0 Å². The Hall–Kier alpha value is -5.63. The van der Waals surface area contributed by atoms with E-state index >= 15 is 0 Å². The van der Waals surface area contributed by atoms with Crippen LogP contribution in [0.4, 0.5) is 0 Å². The van der Waals surface area contributed by atoms with Crippen LogP contribution >= 0.6 is 11.8 Å². The lowest BCUT2D eigenvalue weighted by molar-refractivity contribution is 1.49. The van der Waals surface area contributed by atoms with Crippen molar-refractivity contribution >= 4 is 54.9 Å². The molecule has 0 saturated carbocycles. The van der Waals surface area contributed by atoms with Crippen LogP contribution in [0.1, 0.15) is 5.56 Å². The average molecular weight is 643 g/mol. The van der Waals surface area contributed by atoms with Crippen LogP contribution in [-0.2, 0) is 0 Å². The van der Waals surface area contributed by atoms with Crippen molar-refractivity contribution < 1.29 is 0 Å². The second kappa shape index (κ2) is 12.1. The fourth-order valence-electron chi connectivity index (χ4n) is 7.71. The van der Waals surface area contributed by atoms with Crippen molar-refractivity contribution in [1.29, 1.82) is 0 Å². The minimum atomic E-state index is 1.23. The molecule has 0 aliphatic rings. The van der Waals surface area contributed by atoms with Gasteiger partial charge in [-0.1, -0.05) is 151 Å². The molecule has 0 atom stereocenters. The summed E-state index contributed by atoms with van der Waals surface area (Å²) >= 11 is 1.80. The van der Waals surface area contributed by atoms with Gasteiger partial charge in [-0.05, 0) is 125 Å². The van der Waals surface area contributed by atoms with E-state index in [4.69, 9.17) is 0 Å². The Balaban J connectivity index is 1.32. The van der Waals surface area contributed by atoms with E-state index < -0.39 is 0 Å². The Bertz CT molecular complexity index is 2710. The molecule has 0 spiro atoms. The normalized spacial score (nSPS) is 11.6. The third-order valence-corrected chi connectivity index (χ3v) is 10.7. The van der Waals surface area contributed by atoms with E-state index in [1.165, 1.54) is 98.1 Å². The SMILES string of the molecule is CSc1ccc2c(-c3cccc(-c4cccc5ccccc45)c3)c3cc(C)ccc3c(-c3cccc(-c4cccc5ccccc45)c3)c2c1. The fraction of sp³-hybridized carbons (Fsp3) is 0.0417. The third kappa shape index (κ3) is 5.10. The first-order valence-electron chi connectivity index (χ1n) is 16.9. The van der Waals surface area contributed by atoms with Gasteiger partial charge in [0.1, 0.15) is 0 Å². The lowest BCUT2D eigenvalue weighted by Crippen LogP contribution is -1.93. The highest BCUT2D eigenvalue weighted by Crippen LogP contribution is 2.46. The lowest BCUT2D eigenvalue weighted by Gasteiger charge is -2.20. The highest BCUT2D eigenvalue weighted by molar-refractivity contribution is 7.98. The van der Waals surface area contributed by atoms with Crippen LogP contribution in [0.2, 0.25) is 0 Å². The summed E-state index contributed by atoms with van der Waals surface area (Å²) in [7, 11) is 0. The van der Waals surface area contributed by atoms with E-state index in [1.54, 1.807) is 11.8 Å². The maximum atomic E-state index is 2.40. The molecule has 0 aromatic heterocycles. The van der Waals surface area contributed by atoms with Gasteiger partial charge >= 0.3 is 0 Å². The van der Waals surface area contributed by atoms with Crippen LogP contribution in [0.5, 0.6) is 0 Å². The molecule has 0 aliphatic heterocycles. The third-order valence-electron chi connectivity index (χ3n) is 9.98. The zero-order valence-corrected chi connectivity index (χ0v) is 28.4. The monoisotopic (exact) mass is 642 g/mol. The molecule has 0 bridgehead atoms. The smallest absolute Gasteiger partial charge is 0.00757 e. The molecule has 9 aromatic rings. The average Bonchev–Trinajstić information content (AvgIpc) is 3.16. The molecule has 0 N–H and O–H groups in total. The molecule has 0 aliphatic carbocycles. The van der Waals surface area contributed by atoms with E-state index in [-0.39, 0.29) is 0 Å². The zero-order valence-electron chi connectivity index (χ0n) is 27.6. The number of thioether (sulfide) groups is 1. The first-order valence-corrected chi connectivity index (χ1v) is 18.1. The maximum absolute atomic E-state index is 2.40. The maximum Gasteiger partial charge on any atom is 0.00757 e. The molecule has 1 heteroatoms. The zero-order chi connectivity index (χ0) is 32.9. The molecule has 0 radical (unpaired) electrons. The Labute approximate surface area is 291 Å². The minimum absolute atomic E-state index is 1.23. The fourth-order valence-corrected chi connectivity index (χ4v) is 8.15. The Morgan fingerprint density at radius 3 is 1.39 bits per heavy atom. The summed E-state index contributed by atoms with van der Waals surface area (Å²) in [6, 6.07) is 62.9. The number of rotatable bonds is 5. The predicted octanol–water partition coefficient (Wildman–Crippen LogP) is 14.0. The van der Waals surface area contributed by atoms with Gasteiger partial charge in [0.15, 0.2) is 0 Å². The number of fused-ring (bicyclic) bond motifs is 4. The van der Waals surface area contributed by atoms with Crippen molar-refractivity contribution in [3.63, 3.8) is 0 Å². The summed E-state index contributed by atoms with van der Waals surface area (Å²) in [6.07, 6.45) is 2.17. The minimum Gasteiger partial charge on any atom is -0.130 e. The lowest BCUT2D eigenvalue weighted by atomic mass is 9.84. The van der Waals surface area contributed by atoms with E-state index in [0.717, 1.165) is 0 Å². The first kappa shape index (κ1) is 29.5. The Kier molecular flexibility index (Phi) is 7.29. The van der Waals surface area contributed by atoms with Crippen molar-refractivity contribution in [2.75, 3.05) is 6.26 Å². The van der Waals surface area contributed by atoms with Gasteiger partial charge in [-0.3, -0.25) is 0 Å². The molecule has 232 valence electrons. The van der Waals surface area contributed by atoms with Crippen LogP contribution in [0.3, 0.4) is 0 Å². The summed E-state index contributed by atoms with van der Waals surface area (Å²) in [6.45, 7) is 2.21. The quantitative estimate of drug-likeness (QED) is 0.133. The van der Waals surface area contributed by atoms with E-state index in [9.17, 15) is 0 Å². The van der Waals surface area contributed by atoms with E-state index in [0.29, 0.717) is 0 Å². The molecule has 0 unspecified atom stereocenters. The molecule has 9 aromatic carbocycles. The molecule has 0 saturated heterocycles. The number of aryl methyl sites for hydroxylation is 1. The van der Waals surface area contributed by atoms with Crippen molar-refractivity contribution in [2.45, 2.75) is 11.8 Å².